The summed E-state index contributed by atoms with van der Waals surface area (Å²) in [7, 11) is 1.10. The van der Waals surface area contributed by atoms with Crippen molar-refractivity contribution in [1.29, 1.82) is 0 Å². The van der Waals surface area contributed by atoms with Crippen LogP contribution in [0.25, 0.3) is 21.5 Å². The van der Waals surface area contributed by atoms with Gasteiger partial charge in [-0.15, -0.1) is 0 Å². The number of carbonyl (C=O) groups is 1. The second-order valence-corrected chi connectivity index (χ2v) is 5.44. The van der Waals surface area contributed by atoms with Crippen molar-refractivity contribution in [1.82, 2.24) is 0 Å². The minimum atomic E-state index is -2.37. The molecule has 3 rings (SSSR count). The van der Waals surface area contributed by atoms with Crippen molar-refractivity contribution in [2.45, 2.75) is 12.6 Å². The van der Waals surface area contributed by atoms with Gasteiger partial charge in [0.15, 0.2) is 0 Å². The van der Waals surface area contributed by atoms with Crippen molar-refractivity contribution in [3.05, 3.63) is 59.7 Å². The first-order chi connectivity index (χ1) is 10.9. The molecule has 0 fully saturated rings. The van der Waals surface area contributed by atoms with Gasteiger partial charge in [0, 0.05) is 17.0 Å². The Morgan fingerprint density at radius 1 is 1.00 bits per heavy atom. The number of hydrogen-bond donors (Lipinski definition) is 0. The minimum Gasteiger partial charge on any atom is -0.466 e. The number of hydrogen-bond acceptors (Lipinski definition) is 2. The fourth-order valence-corrected chi connectivity index (χ4v) is 2.83. The molecule has 0 saturated heterocycles. The van der Waals surface area contributed by atoms with Crippen LogP contribution >= 0.6 is 0 Å². The highest BCUT2D eigenvalue weighted by molar-refractivity contribution is 6.09. The predicted octanol–water partition coefficient (Wildman–Crippen LogP) is 4.63. The third kappa shape index (κ3) is 2.32. The SMILES string of the molecule is COC(=O)C(C)(F)c1cccc2c1ccc1c(F)cc(F)cc12. The summed E-state index contributed by atoms with van der Waals surface area (Å²) in [4.78, 5) is 11.7. The smallest absolute Gasteiger partial charge is 0.348 e. The zero-order chi connectivity index (χ0) is 16.8. The van der Waals surface area contributed by atoms with E-state index in [9.17, 15) is 18.0 Å². The molecule has 0 amide bonds. The quantitative estimate of drug-likeness (QED) is 0.509. The van der Waals surface area contributed by atoms with Crippen LogP contribution in [0.1, 0.15) is 12.5 Å². The number of carbonyl (C=O) groups excluding carboxylic acids is 1. The molecule has 1 atom stereocenters. The molecule has 0 heterocycles. The fraction of sp³-hybridized carbons (Fsp3) is 0.167. The maximum Gasteiger partial charge on any atom is 0.348 e. The standard InChI is InChI=1S/C18H13F3O2/c1-18(21,17(22)23-2)15-5-3-4-11-12(15)6-7-13-14(11)8-10(19)9-16(13)20/h3-9H,1-2H3. The average molecular weight is 318 g/mol. The van der Waals surface area contributed by atoms with Gasteiger partial charge in [-0.3, -0.25) is 0 Å². The molecule has 0 aliphatic carbocycles. The summed E-state index contributed by atoms with van der Waals surface area (Å²) in [5.41, 5.74) is -2.28. The van der Waals surface area contributed by atoms with Crippen LogP contribution in [0.4, 0.5) is 13.2 Å². The highest BCUT2D eigenvalue weighted by Crippen LogP contribution is 2.36. The van der Waals surface area contributed by atoms with E-state index in [0.29, 0.717) is 16.2 Å². The molecule has 118 valence electrons. The lowest BCUT2D eigenvalue weighted by molar-refractivity contribution is -0.154. The molecule has 5 heteroatoms. The first-order valence-electron chi connectivity index (χ1n) is 6.94. The van der Waals surface area contributed by atoms with E-state index in [0.717, 1.165) is 20.1 Å². The van der Waals surface area contributed by atoms with Gasteiger partial charge in [0.25, 0.3) is 0 Å². The second kappa shape index (κ2) is 5.26. The Bertz CT molecular complexity index is 932. The van der Waals surface area contributed by atoms with Crippen molar-refractivity contribution in [3.63, 3.8) is 0 Å². The van der Waals surface area contributed by atoms with Crippen LogP contribution in [0.15, 0.2) is 42.5 Å². The van der Waals surface area contributed by atoms with Crippen molar-refractivity contribution in [2.24, 2.45) is 0 Å². The number of benzene rings is 3. The fourth-order valence-electron chi connectivity index (χ4n) is 2.83. The van der Waals surface area contributed by atoms with Crippen LogP contribution < -0.4 is 0 Å². The number of halogens is 3. The lowest BCUT2D eigenvalue weighted by atomic mass is 9.90. The van der Waals surface area contributed by atoms with Crippen molar-refractivity contribution < 1.29 is 22.7 Å². The lowest BCUT2D eigenvalue weighted by Crippen LogP contribution is -2.28. The summed E-state index contributed by atoms with van der Waals surface area (Å²) in [5.74, 6) is -2.44. The van der Waals surface area contributed by atoms with E-state index in [4.69, 9.17) is 0 Å². The van der Waals surface area contributed by atoms with Gasteiger partial charge in [0.1, 0.15) is 11.6 Å². The number of rotatable bonds is 2. The molecule has 3 aromatic rings. The first-order valence-corrected chi connectivity index (χ1v) is 6.94. The molecule has 0 radical (unpaired) electrons. The monoisotopic (exact) mass is 318 g/mol. The zero-order valence-corrected chi connectivity index (χ0v) is 12.5. The molecule has 0 N–H and O–H groups in total. The van der Waals surface area contributed by atoms with Crippen molar-refractivity contribution >= 4 is 27.5 Å². The third-order valence-electron chi connectivity index (χ3n) is 3.98. The molecular formula is C18H13F3O2. The van der Waals surface area contributed by atoms with E-state index in [1.807, 2.05) is 0 Å². The Kier molecular flexibility index (Phi) is 3.51. The van der Waals surface area contributed by atoms with Gasteiger partial charge in [-0.05, 0) is 29.1 Å². The Labute approximate surface area is 130 Å². The molecule has 0 aliphatic rings. The van der Waals surface area contributed by atoms with Crippen LogP contribution in [-0.2, 0) is 15.2 Å². The van der Waals surface area contributed by atoms with Crippen LogP contribution in [0.2, 0.25) is 0 Å². The largest absolute Gasteiger partial charge is 0.466 e. The second-order valence-electron chi connectivity index (χ2n) is 5.44. The van der Waals surface area contributed by atoms with E-state index in [1.165, 1.54) is 24.3 Å². The van der Waals surface area contributed by atoms with Gasteiger partial charge in [0.2, 0.25) is 5.67 Å². The Balaban J connectivity index is 2.40. The number of alkyl halides is 1. The number of methoxy groups -OCH3 is 1. The van der Waals surface area contributed by atoms with E-state index < -0.39 is 23.3 Å². The normalized spacial score (nSPS) is 14.0. The Morgan fingerprint density at radius 2 is 1.70 bits per heavy atom. The van der Waals surface area contributed by atoms with Gasteiger partial charge in [-0.1, -0.05) is 30.3 Å². The van der Waals surface area contributed by atoms with Crippen LogP contribution in [0.5, 0.6) is 0 Å². The van der Waals surface area contributed by atoms with Crippen molar-refractivity contribution in [2.75, 3.05) is 7.11 Å². The maximum absolute atomic E-state index is 14.9. The summed E-state index contributed by atoms with van der Waals surface area (Å²) in [6.45, 7) is 1.10. The minimum absolute atomic E-state index is 0.0911. The van der Waals surface area contributed by atoms with Gasteiger partial charge in [-0.25, -0.2) is 18.0 Å². The maximum atomic E-state index is 14.9. The lowest BCUT2D eigenvalue weighted by Gasteiger charge is -2.20. The summed E-state index contributed by atoms with van der Waals surface area (Å²) in [5, 5.41) is 1.42. The third-order valence-corrected chi connectivity index (χ3v) is 3.98. The summed E-state index contributed by atoms with van der Waals surface area (Å²) >= 11 is 0. The molecule has 23 heavy (non-hydrogen) atoms. The zero-order valence-electron chi connectivity index (χ0n) is 12.5. The van der Waals surface area contributed by atoms with E-state index in [1.54, 1.807) is 12.1 Å². The highest BCUT2D eigenvalue weighted by Gasteiger charge is 2.37. The topological polar surface area (TPSA) is 26.3 Å². The molecule has 0 spiro atoms. The Morgan fingerprint density at radius 3 is 2.39 bits per heavy atom. The molecule has 0 saturated carbocycles. The molecule has 0 aromatic heterocycles. The van der Waals surface area contributed by atoms with Crippen LogP contribution in [-0.4, -0.2) is 13.1 Å². The Hall–Kier alpha value is -2.56. The predicted molar refractivity (Wildman–Crippen MR) is 81.8 cm³/mol. The van der Waals surface area contributed by atoms with E-state index >= 15 is 0 Å². The summed E-state index contributed by atoms with van der Waals surface area (Å²) in [6, 6.07) is 9.59. The molecule has 2 nitrogen and oxygen atoms in total. The van der Waals surface area contributed by atoms with Crippen molar-refractivity contribution in [3.8, 4) is 0 Å². The number of ether oxygens (including phenoxy) is 1. The summed E-state index contributed by atoms with van der Waals surface area (Å²) in [6.07, 6.45) is 0. The van der Waals surface area contributed by atoms with Crippen LogP contribution in [0, 0.1) is 11.6 Å². The molecule has 0 bridgehead atoms. The van der Waals surface area contributed by atoms with Gasteiger partial charge in [0.05, 0.1) is 7.11 Å². The molecule has 0 aliphatic heterocycles. The first kappa shape index (κ1) is 15.3. The summed E-state index contributed by atoms with van der Waals surface area (Å²) < 4.78 is 46.9. The van der Waals surface area contributed by atoms with Crippen LogP contribution in [0.3, 0.4) is 0 Å². The van der Waals surface area contributed by atoms with Gasteiger partial charge in [-0.2, -0.15) is 0 Å². The number of esters is 1. The molecule has 3 aromatic carbocycles. The molecular weight excluding hydrogens is 305 g/mol. The average Bonchev–Trinajstić information content (AvgIpc) is 2.52. The molecule has 1 unspecified atom stereocenters. The van der Waals surface area contributed by atoms with E-state index in [-0.39, 0.29) is 10.9 Å². The highest BCUT2D eigenvalue weighted by atomic mass is 19.1. The van der Waals surface area contributed by atoms with Gasteiger partial charge >= 0.3 is 5.97 Å². The van der Waals surface area contributed by atoms with E-state index in [2.05, 4.69) is 4.74 Å². The number of fused-ring (bicyclic) bond motifs is 3. The van der Waals surface area contributed by atoms with Gasteiger partial charge < -0.3 is 4.74 Å².